The topological polar surface area (TPSA) is 116 Å². The first-order chi connectivity index (χ1) is 11.0. The first kappa shape index (κ1) is 21.7. The fourth-order valence-corrected chi connectivity index (χ4v) is 1.91. The SMILES string of the molecule is CCOC(=O)C(C(OC(C)=O)C(F)(F)C(=O)N(CC)CC)[N+](=O)[O-]. The highest BCUT2D eigenvalue weighted by Crippen LogP contribution is 2.29. The van der Waals surface area contributed by atoms with E-state index in [1.165, 1.54) is 20.8 Å². The minimum atomic E-state index is -4.48. The van der Waals surface area contributed by atoms with E-state index >= 15 is 0 Å². The number of ether oxygens (including phenoxy) is 2. The number of hydrogen-bond donors (Lipinski definition) is 0. The van der Waals surface area contributed by atoms with Crippen LogP contribution in [0.4, 0.5) is 8.78 Å². The van der Waals surface area contributed by atoms with E-state index in [0.29, 0.717) is 4.90 Å². The van der Waals surface area contributed by atoms with Crippen molar-refractivity contribution in [3.63, 3.8) is 0 Å². The van der Waals surface area contributed by atoms with Crippen molar-refractivity contribution in [1.82, 2.24) is 4.90 Å². The average molecular weight is 354 g/mol. The molecular formula is C13H20F2N2O7. The molecule has 0 aliphatic carbocycles. The smallest absolute Gasteiger partial charge is 0.386 e. The third kappa shape index (κ3) is 5.10. The molecule has 0 fully saturated rings. The Bertz CT molecular complexity index is 495. The molecular weight excluding hydrogens is 334 g/mol. The van der Waals surface area contributed by atoms with Crippen molar-refractivity contribution >= 4 is 17.8 Å². The summed E-state index contributed by atoms with van der Waals surface area (Å²) in [5.41, 5.74) is 0. The molecule has 2 atom stereocenters. The first-order valence-electron chi connectivity index (χ1n) is 7.18. The van der Waals surface area contributed by atoms with Crippen molar-refractivity contribution in [2.75, 3.05) is 19.7 Å². The quantitative estimate of drug-likeness (QED) is 0.339. The van der Waals surface area contributed by atoms with Gasteiger partial charge in [0.1, 0.15) is 0 Å². The Morgan fingerprint density at radius 2 is 1.71 bits per heavy atom. The lowest BCUT2D eigenvalue weighted by Gasteiger charge is -2.30. The Hall–Kier alpha value is -2.33. The summed E-state index contributed by atoms with van der Waals surface area (Å²) >= 11 is 0. The summed E-state index contributed by atoms with van der Waals surface area (Å²) in [5, 5.41) is 11.1. The lowest BCUT2D eigenvalue weighted by Crippen LogP contribution is -2.59. The van der Waals surface area contributed by atoms with Gasteiger partial charge in [0.15, 0.2) is 0 Å². The van der Waals surface area contributed by atoms with Gasteiger partial charge in [0.2, 0.25) is 0 Å². The molecule has 0 aromatic heterocycles. The van der Waals surface area contributed by atoms with Crippen LogP contribution in [0.3, 0.4) is 0 Å². The third-order valence-electron chi connectivity index (χ3n) is 3.03. The molecule has 2 unspecified atom stereocenters. The molecule has 0 aliphatic rings. The number of nitrogens with zero attached hydrogens (tertiary/aromatic N) is 2. The van der Waals surface area contributed by atoms with Crippen LogP contribution in [0.5, 0.6) is 0 Å². The zero-order chi connectivity index (χ0) is 19.1. The standard InChI is InChI=1S/C13H20F2N2O7/c1-5-16(6-2)12(20)13(14,15)10(24-8(4)18)9(17(21)22)11(19)23-7-3/h9-10H,5-7H2,1-4H3. The maximum absolute atomic E-state index is 14.5. The number of alkyl halides is 2. The molecule has 0 rings (SSSR count). The fourth-order valence-electron chi connectivity index (χ4n) is 1.91. The van der Waals surface area contributed by atoms with E-state index < -0.39 is 40.8 Å². The zero-order valence-electron chi connectivity index (χ0n) is 13.8. The highest BCUT2D eigenvalue weighted by molar-refractivity contribution is 5.86. The number of esters is 2. The van der Waals surface area contributed by atoms with E-state index in [0.717, 1.165) is 6.92 Å². The largest absolute Gasteiger partial charge is 0.461 e. The maximum Gasteiger partial charge on any atom is 0.386 e. The van der Waals surface area contributed by atoms with Crippen molar-refractivity contribution in [3.8, 4) is 0 Å². The Morgan fingerprint density at radius 1 is 1.21 bits per heavy atom. The van der Waals surface area contributed by atoms with Crippen LogP contribution in [-0.4, -0.2) is 65.4 Å². The summed E-state index contributed by atoms with van der Waals surface area (Å²) in [5.74, 6) is -9.19. The lowest BCUT2D eigenvalue weighted by atomic mass is 10.0. The molecule has 0 spiro atoms. The molecule has 0 aromatic carbocycles. The summed E-state index contributed by atoms with van der Waals surface area (Å²) in [4.78, 5) is 45.1. The zero-order valence-corrected chi connectivity index (χ0v) is 13.8. The summed E-state index contributed by atoms with van der Waals surface area (Å²) in [6.45, 7) is 4.39. The van der Waals surface area contributed by atoms with Gasteiger partial charge in [-0.3, -0.25) is 19.7 Å². The van der Waals surface area contributed by atoms with E-state index in [1.807, 2.05) is 0 Å². The molecule has 0 heterocycles. The summed E-state index contributed by atoms with van der Waals surface area (Å²) < 4.78 is 37.7. The highest BCUT2D eigenvalue weighted by atomic mass is 19.3. The van der Waals surface area contributed by atoms with Crippen molar-refractivity contribution in [2.24, 2.45) is 0 Å². The van der Waals surface area contributed by atoms with Gasteiger partial charge in [-0.25, -0.2) is 4.79 Å². The van der Waals surface area contributed by atoms with Gasteiger partial charge in [-0.15, -0.1) is 0 Å². The lowest BCUT2D eigenvalue weighted by molar-refractivity contribution is -0.526. The van der Waals surface area contributed by atoms with Crippen LogP contribution in [0.25, 0.3) is 0 Å². The number of amides is 1. The second-order valence-corrected chi connectivity index (χ2v) is 4.61. The molecule has 1 amide bonds. The number of rotatable bonds is 9. The van der Waals surface area contributed by atoms with Crippen molar-refractivity contribution < 1.29 is 37.6 Å². The second kappa shape index (κ2) is 9.08. The molecule has 138 valence electrons. The molecule has 0 saturated carbocycles. The van der Waals surface area contributed by atoms with Crippen LogP contribution in [-0.2, 0) is 23.9 Å². The summed E-state index contributed by atoms with van der Waals surface area (Å²) in [6, 6.07) is -2.73. The first-order valence-corrected chi connectivity index (χ1v) is 7.18. The van der Waals surface area contributed by atoms with E-state index in [1.54, 1.807) is 0 Å². The number of carbonyl (C=O) groups is 3. The fraction of sp³-hybridized carbons (Fsp3) is 0.769. The molecule has 11 heteroatoms. The van der Waals surface area contributed by atoms with Gasteiger partial charge in [0, 0.05) is 24.9 Å². The third-order valence-corrected chi connectivity index (χ3v) is 3.03. The van der Waals surface area contributed by atoms with Crippen LogP contribution in [0.15, 0.2) is 0 Å². The van der Waals surface area contributed by atoms with E-state index in [4.69, 9.17) is 0 Å². The molecule has 0 N–H and O–H groups in total. The molecule has 0 saturated heterocycles. The van der Waals surface area contributed by atoms with Gasteiger partial charge in [-0.2, -0.15) is 8.78 Å². The van der Waals surface area contributed by atoms with Crippen LogP contribution < -0.4 is 0 Å². The van der Waals surface area contributed by atoms with Gasteiger partial charge in [0.05, 0.1) is 6.61 Å². The minimum absolute atomic E-state index is 0.0970. The van der Waals surface area contributed by atoms with Crippen LogP contribution >= 0.6 is 0 Å². The second-order valence-electron chi connectivity index (χ2n) is 4.61. The predicted molar refractivity (Wildman–Crippen MR) is 75.8 cm³/mol. The molecule has 0 aliphatic heterocycles. The van der Waals surface area contributed by atoms with Gasteiger partial charge >= 0.3 is 23.9 Å². The molecule has 24 heavy (non-hydrogen) atoms. The monoisotopic (exact) mass is 354 g/mol. The van der Waals surface area contributed by atoms with Gasteiger partial charge in [-0.05, 0) is 20.8 Å². The molecule has 0 aromatic rings. The van der Waals surface area contributed by atoms with E-state index in [2.05, 4.69) is 9.47 Å². The number of hydrogen-bond acceptors (Lipinski definition) is 7. The van der Waals surface area contributed by atoms with E-state index in [-0.39, 0.29) is 19.7 Å². The van der Waals surface area contributed by atoms with Crippen molar-refractivity contribution in [3.05, 3.63) is 10.1 Å². The van der Waals surface area contributed by atoms with Crippen molar-refractivity contribution in [1.29, 1.82) is 0 Å². The van der Waals surface area contributed by atoms with E-state index in [9.17, 15) is 33.3 Å². The molecule has 0 bridgehead atoms. The Labute approximate surface area is 137 Å². The molecule has 0 radical (unpaired) electrons. The number of nitro groups is 1. The Morgan fingerprint density at radius 3 is 2.04 bits per heavy atom. The van der Waals surface area contributed by atoms with Gasteiger partial charge < -0.3 is 14.4 Å². The van der Waals surface area contributed by atoms with Crippen LogP contribution in [0.2, 0.25) is 0 Å². The summed E-state index contributed by atoms with van der Waals surface area (Å²) in [6.07, 6.45) is -2.92. The highest BCUT2D eigenvalue weighted by Gasteiger charge is 2.62. The average Bonchev–Trinajstić information content (AvgIpc) is 2.47. The van der Waals surface area contributed by atoms with Crippen molar-refractivity contribution in [2.45, 2.75) is 45.8 Å². The van der Waals surface area contributed by atoms with Gasteiger partial charge in [0.25, 0.3) is 12.0 Å². The number of halogens is 2. The minimum Gasteiger partial charge on any atom is -0.461 e. The normalized spacial score (nSPS) is 13.6. The number of carbonyl (C=O) groups excluding carboxylic acids is 3. The van der Waals surface area contributed by atoms with Gasteiger partial charge in [-0.1, -0.05) is 0 Å². The predicted octanol–water partition coefficient (Wildman–Crippen LogP) is 0.630. The molecule has 9 nitrogen and oxygen atoms in total. The Balaban J connectivity index is 5.95. The Kier molecular flexibility index (Phi) is 8.20. The maximum atomic E-state index is 14.5. The summed E-state index contributed by atoms with van der Waals surface area (Å²) in [7, 11) is 0. The van der Waals surface area contributed by atoms with Crippen LogP contribution in [0.1, 0.15) is 27.7 Å². The van der Waals surface area contributed by atoms with Crippen LogP contribution in [0, 0.1) is 10.1 Å².